The largest absolute Gasteiger partial charge is 0.382 e. The average molecular weight is 154 g/mol. The molecule has 0 saturated heterocycles. The van der Waals surface area contributed by atoms with E-state index >= 15 is 0 Å². The van der Waals surface area contributed by atoms with E-state index in [-0.39, 0.29) is 6.61 Å². The third-order valence-corrected chi connectivity index (χ3v) is 0.568. The van der Waals surface area contributed by atoms with Gasteiger partial charge in [0, 0.05) is 7.11 Å². The van der Waals surface area contributed by atoms with E-state index in [0.29, 0.717) is 6.61 Å². The van der Waals surface area contributed by atoms with Gasteiger partial charge < -0.3 is 4.74 Å². The van der Waals surface area contributed by atoms with Crippen molar-refractivity contribution in [2.75, 3.05) is 27.1 Å². The van der Waals surface area contributed by atoms with Crippen molar-refractivity contribution in [1.29, 1.82) is 0 Å². The van der Waals surface area contributed by atoms with Gasteiger partial charge >= 0.3 is 0 Å². The molecular weight excluding hydrogens is 144 g/mol. The zero-order chi connectivity index (χ0) is 7.66. The predicted octanol–water partition coefficient (Wildman–Crippen LogP) is -0.0403. The van der Waals surface area contributed by atoms with Crippen molar-refractivity contribution < 1.29 is 29.7 Å². The van der Waals surface area contributed by atoms with Gasteiger partial charge in [0.1, 0.15) is 6.61 Å². The van der Waals surface area contributed by atoms with Gasteiger partial charge in [-0.2, -0.15) is 4.89 Å². The highest BCUT2D eigenvalue weighted by molar-refractivity contribution is 4.15. The summed E-state index contributed by atoms with van der Waals surface area (Å²) in [5.74, 6) is 0. The van der Waals surface area contributed by atoms with Crippen molar-refractivity contribution >= 4 is 0 Å². The van der Waals surface area contributed by atoms with Crippen molar-refractivity contribution in [2.24, 2.45) is 0 Å². The van der Waals surface area contributed by atoms with E-state index in [4.69, 9.17) is 5.26 Å². The Morgan fingerprint density at radius 1 is 1.20 bits per heavy atom. The van der Waals surface area contributed by atoms with Crippen LogP contribution in [0.4, 0.5) is 0 Å². The van der Waals surface area contributed by atoms with Crippen molar-refractivity contribution in [1.82, 2.24) is 0 Å². The van der Waals surface area contributed by atoms with Gasteiger partial charge in [-0.25, -0.2) is 15.0 Å². The maximum atomic E-state index is 7.68. The SMILES string of the molecule is COCCOOOCOO. The summed E-state index contributed by atoms with van der Waals surface area (Å²) in [6.45, 7) is 0.262. The molecule has 0 fully saturated rings. The summed E-state index contributed by atoms with van der Waals surface area (Å²) in [5, 5.41) is 11.7. The summed E-state index contributed by atoms with van der Waals surface area (Å²) in [4.78, 5) is 11.9. The highest BCUT2D eigenvalue weighted by atomic mass is 17.5. The molecule has 0 atom stereocenters. The molecule has 6 heteroatoms. The van der Waals surface area contributed by atoms with Crippen molar-refractivity contribution in [3.63, 3.8) is 0 Å². The molecular formula is C4H10O6. The standard InChI is InChI=1S/C4H10O6/c1-6-2-3-8-10-9-4-7-5/h5H,2-4H2,1H3. The second-order valence-electron chi connectivity index (χ2n) is 1.25. The fourth-order valence-corrected chi connectivity index (χ4v) is 0.227. The summed E-state index contributed by atoms with van der Waals surface area (Å²) in [7, 11) is 1.53. The molecule has 62 valence electrons. The highest BCUT2D eigenvalue weighted by Gasteiger charge is 1.87. The molecule has 0 aromatic carbocycles. The Kier molecular flexibility index (Phi) is 8.55. The van der Waals surface area contributed by atoms with Crippen molar-refractivity contribution in [2.45, 2.75) is 0 Å². The molecule has 0 aromatic heterocycles. The third-order valence-electron chi connectivity index (χ3n) is 0.568. The summed E-state index contributed by atoms with van der Waals surface area (Å²) >= 11 is 0. The Bertz CT molecular complexity index is 49.7. The van der Waals surface area contributed by atoms with Gasteiger partial charge in [0.2, 0.25) is 6.79 Å². The number of methoxy groups -OCH3 is 1. The van der Waals surface area contributed by atoms with E-state index in [1.54, 1.807) is 0 Å². The van der Waals surface area contributed by atoms with Crippen LogP contribution in [0.1, 0.15) is 0 Å². The smallest absolute Gasteiger partial charge is 0.217 e. The molecule has 0 heterocycles. The zero-order valence-electron chi connectivity index (χ0n) is 5.61. The first-order valence-electron chi connectivity index (χ1n) is 2.58. The number of hydrogen-bond acceptors (Lipinski definition) is 6. The number of hydrogen-bond donors (Lipinski definition) is 1. The topological polar surface area (TPSA) is 66.4 Å². The lowest BCUT2D eigenvalue weighted by molar-refractivity contribution is -0.544. The van der Waals surface area contributed by atoms with Gasteiger partial charge in [-0.1, -0.05) is 5.04 Å². The Morgan fingerprint density at radius 2 is 2.00 bits per heavy atom. The van der Waals surface area contributed by atoms with Crippen LogP contribution in [0.3, 0.4) is 0 Å². The van der Waals surface area contributed by atoms with E-state index in [1.807, 2.05) is 0 Å². The Hall–Kier alpha value is -0.240. The minimum absolute atomic E-state index is 0.252. The van der Waals surface area contributed by atoms with Crippen LogP contribution in [-0.4, -0.2) is 32.4 Å². The Balaban J connectivity index is 2.65. The summed E-state index contributed by atoms with van der Waals surface area (Å²) in [5.41, 5.74) is 0. The molecule has 0 aromatic rings. The molecule has 0 aliphatic carbocycles. The van der Waals surface area contributed by atoms with E-state index in [9.17, 15) is 0 Å². The van der Waals surface area contributed by atoms with Gasteiger partial charge in [0.25, 0.3) is 0 Å². The highest BCUT2D eigenvalue weighted by Crippen LogP contribution is 1.81. The van der Waals surface area contributed by atoms with Gasteiger partial charge in [-0.15, -0.1) is 0 Å². The van der Waals surface area contributed by atoms with Crippen LogP contribution in [0.5, 0.6) is 0 Å². The van der Waals surface area contributed by atoms with Gasteiger partial charge in [-0.3, -0.25) is 0 Å². The Labute approximate surface area is 58.0 Å². The lowest BCUT2D eigenvalue weighted by Crippen LogP contribution is -2.04. The molecule has 0 aliphatic rings. The second kappa shape index (κ2) is 8.76. The minimum atomic E-state index is -0.396. The molecule has 6 nitrogen and oxygen atoms in total. The average Bonchev–Trinajstić information content (AvgIpc) is 1.97. The van der Waals surface area contributed by atoms with E-state index in [1.165, 1.54) is 7.11 Å². The predicted molar refractivity (Wildman–Crippen MR) is 28.6 cm³/mol. The first-order valence-corrected chi connectivity index (χ1v) is 2.58. The maximum Gasteiger partial charge on any atom is 0.217 e. The monoisotopic (exact) mass is 154 g/mol. The molecule has 0 bridgehead atoms. The van der Waals surface area contributed by atoms with Crippen LogP contribution in [0.2, 0.25) is 0 Å². The van der Waals surface area contributed by atoms with Crippen LogP contribution in [0.25, 0.3) is 0 Å². The molecule has 0 amide bonds. The van der Waals surface area contributed by atoms with Crippen LogP contribution in [0.15, 0.2) is 0 Å². The molecule has 0 aliphatic heterocycles. The van der Waals surface area contributed by atoms with Gasteiger partial charge in [0.15, 0.2) is 0 Å². The normalized spacial score (nSPS) is 10.2. The number of rotatable bonds is 7. The van der Waals surface area contributed by atoms with E-state index < -0.39 is 6.79 Å². The third kappa shape index (κ3) is 7.76. The minimum Gasteiger partial charge on any atom is -0.382 e. The molecule has 0 rings (SSSR count). The van der Waals surface area contributed by atoms with Crippen molar-refractivity contribution in [3.8, 4) is 0 Å². The summed E-state index contributed by atoms with van der Waals surface area (Å²) in [6, 6.07) is 0. The Morgan fingerprint density at radius 3 is 2.60 bits per heavy atom. The second-order valence-corrected chi connectivity index (χ2v) is 1.25. The summed E-state index contributed by atoms with van der Waals surface area (Å²) in [6.07, 6.45) is 0. The fourth-order valence-electron chi connectivity index (χ4n) is 0.227. The van der Waals surface area contributed by atoms with Crippen LogP contribution in [0, 0.1) is 0 Å². The molecule has 0 saturated carbocycles. The van der Waals surface area contributed by atoms with Gasteiger partial charge in [-0.05, 0) is 0 Å². The zero-order valence-corrected chi connectivity index (χ0v) is 5.61. The summed E-state index contributed by atoms with van der Waals surface area (Å²) < 4.78 is 4.61. The molecule has 0 spiro atoms. The first-order chi connectivity index (χ1) is 4.91. The molecule has 0 unspecified atom stereocenters. The fraction of sp³-hybridized carbons (Fsp3) is 1.00. The first kappa shape index (κ1) is 9.76. The van der Waals surface area contributed by atoms with Crippen LogP contribution in [-0.2, 0) is 24.4 Å². The van der Waals surface area contributed by atoms with E-state index in [2.05, 4.69) is 24.4 Å². The molecule has 1 N–H and O–H groups in total. The molecule has 10 heavy (non-hydrogen) atoms. The van der Waals surface area contributed by atoms with Crippen LogP contribution < -0.4 is 0 Å². The lowest BCUT2D eigenvalue weighted by Gasteiger charge is -1.99. The van der Waals surface area contributed by atoms with Crippen LogP contribution >= 0.6 is 0 Å². The quantitative estimate of drug-likeness (QED) is 0.240. The lowest BCUT2D eigenvalue weighted by atomic mass is 10.8. The van der Waals surface area contributed by atoms with Crippen molar-refractivity contribution in [3.05, 3.63) is 0 Å². The maximum absolute atomic E-state index is 7.68. The van der Waals surface area contributed by atoms with Gasteiger partial charge in [0.05, 0.1) is 6.61 Å². The van der Waals surface area contributed by atoms with E-state index in [0.717, 1.165) is 0 Å². The molecule has 0 radical (unpaired) electrons. The number of ether oxygens (including phenoxy) is 1.